The largest absolute Gasteiger partial charge is 0.383 e. The lowest BCUT2D eigenvalue weighted by Crippen LogP contribution is -2.11. The zero-order valence-corrected chi connectivity index (χ0v) is 49.7. The lowest BCUT2D eigenvalue weighted by atomic mass is 9.92. The number of aromatic nitrogens is 8. The number of Topliss-reactive ketones (excluding diaryl/α,β-unsaturated/α-hetero) is 3. The van der Waals surface area contributed by atoms with E-state index in [1.807, 2.05) is 32.3 Å². The molecule has 0 aliphatic carbocycles. The minimum absolute atomic E-state index is 0.0220. The summed E-state index contributed by atoms with van der Waals surface area (Å²) in [6, 6.07) is 48.1. The molecular weight excluding hydrogens is 1190 g/mol. The van der Waals surface area contributed by atoms with Crippen molar-refractivity contribution in [3.63, 3.8) is 0 Å². The summed E-state index contributed by atoms with van der Waals surface area (Å²) in [5.41, 5.74) is 21.2. The van der Waals surface area contributed by atoms with Crippen LogP contribution in [0, 0.1) is 40.4 Å². The van der Waals surface area contributed by atoms with Crippen LogP contribution in [0.4, 0.5) is 33.7 Å². The first-order chi connectivity index (χ1) is 45.0. The third-order valence-corrected chi connectivity index (χ3v) is 13.3. The quantitative estimate of drug-likeness (QED) is 0.0584. The summed E-state index contributed by atoms with van der Waals surface area (Å²) in [4.78, 5) is 66.1. The average Bonchev–Trinajstić information content (AvgIpc) is 1.61. The minimum Gasteiger partial charge on any atom is -0.383 e. The summed E-state index contributed by atoms with van der Waals surface area (Å²) in [6.45, 7) is 0. The van der Waals surface area contributed by atoms with Crippen LogP contribution in [0.25, 0.3) is 50.4 Å². The fourth-order valence-electron chi connectivity index (χ4n) is 8.76. The molecule has 16 nitrogen and oxygen atoms in total. The van der Waals surface area contributed by atoms with E-state index in [2.05, 4.69) is 40.0 Å². The van der Waals surface area contributed by atoms with Crippen molar-refractivity contribution in [3.05, 3.63) is 319 Å². The molecule has 0 saturated heterocycles. The molecule has 1 atom stereocenters. The van der Waals surface area contributed by atoms with Crippen molar-refractivity contribution in [2.45, 2.75) is 12.3 Å². The first-order valence-electron chi connectivity index (χ1n) is 28.1. The Morgan fingerprint density at radius 2 is 0.935 bits per heavy atom. The first kappa shape index (κ1) is 66.4. The van der Waals surface area contributed by atoms with Crippen molar-refractivity contribution in [1.29, 1.82) is 5.26 Å². The molecule has 0 aliphatic heterocycles. The van der Waals surface area contributed by atoms with Gasteiger partial charge in [0.05, 0.1) is 23.5 Å². The van der Waals surface area contributed by atoms with E-state index in [4.69, 9.17) is 21.3 Å². The molecule has 0 saturated carbocycles. The second kappa shape index (κ2) is 33.1. The molecule has 1 unspecified atom stereocenters. The second-order valence-electron chi connectivity index (χ2n) is 20.0. The third kappa shape index (κ3) is 19.2. The van der Waals surface area contributed by atoms with Crippen LogP contribution in [0.1, 0.15) is 53.7 Å². The monoisotopic (exact) mass is 1250 g/mol. The Bertz CT molecular complexity index is 4440. The molecule has 0 amide bonds. The van der Waals surface area contributed by atoms with Gasteiger partial charge in [-0.15, -0.1) is 0 Å². The smallest absolute Gasteiger partial charge is 0.222 e. The van der Waals surface area contributed by atoms with Crippen LogP contribution in [0.5, 0.6) is 0 Å². The van der Waals surface area contributed by atoms with Crippen molar-refractivity contribution < 1.29 is 40.9 Å². The lowest BCUT2D eigenvalue weighted by Gasteiger charge is -2.12. The normalized spacial score (nSPS) is 10.8. The number of carbonyl (C=O) groups is 3. The number of hydrogen-bond donors (Lipinski definition) is 2. The Labute approximate surface area is 531 Å². The van der Waals surface area contributed by atoms with Gasteiger partial charge in [0.2, 0.25) is 5.95 Å². The van der Waals surface area contributed by atoms with Crippen molar-refractivity contribution in [3.8, 4) is 50.9 Å². The number of anilines is 2. The molecule has 93 heavy (non-hydrogen) atoms. The van der Waals surface area contributed by atoms with E-state index in [9.17, 15) is 36.3 Å². The van der Waals surface area contributed by atoms with Crippen molar-refractivity contribution in [1.82, 2.24) is 44.9 Å². The molecule has 0 aliphatic rings. The van der Waals surface area contributed by atoms with E-state index in [0.29, 0.717) is 56.8 Å². The average molecular weight is 1250 g/mol. The zero-order valence-electron chi connectivity index (χ0n) is 49.7. The fraction of sp³-hybridized carbons (Fsp3) is 0.0556. The number of halogens is 5. The summed E-state index contributed by atoms with van der Waals surface area (Å²) in [7, 11) is 3.69. The molecule has 0 radical (unpaired) electrons. The van der Waals surface area contributed by atoms with E-state index >= 15 is 0 Å². The highest BCUT2D eigenvalue weighted by Crippen LogP contribution is 2.35. The molecular formula is C72H55F5N12O4. The van der Waals surface area contributed by atoms with Gasteiger partial charge in [-0.05, 0) is 210 Å². The number of rotatable bonds is 14. The Morgan fingerprint density at radius 3 is 1.43 bits per heavy atom. The van der Waals surface area contributed by atoms with E-state index in [-0.39, 0.29) is 52.4 Å². The molecule has 7 heterocycles. The molecule has 0 spiro atoms. The molecule has 7 aromatic heterocycles. The van der Waals surface area contributed by atoms with Crippen LogP contribution in [-0.2, 0) is 6.42 Å². The fourth-order valence-corrected chi connectivity index (χ4v) is 8.76. The van der Waals surface area contributed by atoms with E-state index in [1.165, 1.54) is 109 Å². The first-order valence-corrected chi connectivity index (χ1v) is 28.1. The number of benzene rings is 5. The number of hydrogen-bond acceptors (Lipinski definition) is 16. The van der Waals surface area contributed by atoms with Crippen LogP contribution in [-0.4, -0.2) is 76.4 Å². The van der Waals surface area contributed by atoms with Crippen molar-refractivity contribution in [2.75, 3.05) is 25.6 Å². The number of nitrogens with zero attached hydrogens (tertiary/aromatic N) is 10. The number of nitrogens with two attached hydrogens (primary N) is 2. The number of nitrogen functional groups attached to an aromatic ring is 2. The van der Waals surface area contributed by atoms with Gasteiger partial charge in [-0.3, -0.25) is 39.3 Å². The van der Waals surface area contributed by atoms with Crippen LogP contribution in [0.2, 0.25) is 0 Å². The highest BCUT2D eigenvalue weighted by atomic mass is 19.1. The van der Waals surface area contributed by atoms with Gasteiger partial charge in [0.1, 0.15) is 40.8 Å². The Kier molecular flexibility index (Phi) is 23.7. The van der Waals surface area contributed by atoms with Gasteiger partial charge >= 0.3 is 0 Å². The highest BCUT2D eigenvalue weighted by molar-refractivity contribution is 6.28. The van der Waals surface area contributed by atoms with Crippen molar-refractivity contribution in [2.24, 2.45) is 0 Å². The maximum absolute atomic E-state index is 13.1. The predicted octanol–water partition coefficient (Wildman–Crippen LogP) is 14.4. The van der Waals surface area contributed by atoms with Gasteiger partial charge in [0.25, 0.3) is 0 Å². The number of allylic oxidation sites excluding steroid dienone is 1. The maximum atomic E-state index is 13.1. The summed E-state index contributed by atoms with van der Waals surface area (Å²) >= 11 is 0. The number of ketones is 3. The molecule has 462 valence electrons. The number of nitriles is 1. The van der Waals surface area contributed by atoms with E-state index in [1.54, 1.807) is 140 Å². The topological polar surface area (TPSA) is 247 Å². The Balaban J connectivity index is 0.000000150. The summed E-state index contributed by atoms with van der Waals surface area (Å²) in [5, 5.41) is 12.9. The van der Waals surface area contributed by atoms with Gasteiger partial charge in [0.15, 0.2) is 23.1 Å². The summed E-state index contributed by atoms with van der Waals surface area (Å²) < 4.78 is 69.6. The van der Waals surface area contributed by atoms with Gasteiger partial charge < -0.3 is 20.9 Å². The number of carbonyl (C=O) groups excluding carboxylic acids is 3. The van der Waals surface area contributed by atoms with Crippen molar-refractivity contribution >= 4 is 34.7 Å². The summed E-state index contributed by atoms with van der Waals surface area (Å²) in [5.74, 6) is -2.13. The zero-order chi connectivity index (χ0) is 66.1. The van der Waals surface area contributed by atoms with Gasteiger partial charge in [-0.2, -0.15) is 10.2 Å². The SMILES string of the molecule is CN(C)/C=C(/C(=O)c1ccc(F)cc1)c1ccncc1.Fc1ccc(-c2oncc2-c2ccncc2)cc1.N#CC(C(=O)c1ccc(F)cc1)c1ccncc1.Nc1nc(N)c(-c2ccncc2)c(-c2ccc(F)cc2)n1.O=C(Cc1ccncc1)c1ccc(F)cc1. The molecule has 21 heteroatoms. The molecule has 0 fully saturated rings. The van der Waals surface area contributed by atoms with E-state index < -0.39 is 11.7 Å². The van der Waals surface area contributed by atoms with Crippen LogP contribution < -0.4 is 11.5 Å². The molecule has 12 rings (SSSR count). The van der Waals surface area contributed by atoms with Gasteiger partial charge in [-0.1, -0.05) is 5.16 Å². The minimum atomic E-state index is -0.890. The third-order valence-electron chi connectivity index (χ3n) is 13.3. The Hall–Kier alpha value is -12.6. The molecule has 0 bridgehead atoms. The van der Waals surface area contributed by atoms with Crippen LogP contribution in [0.3, 0.4) is 0 Å². The number of pyridine rings is 5. The second-order valence-corrected chi connectivity index (χ2v) is 20.0. The molecule has 5 aromatic carbocycles. The Morgan fingerprint density at radius 1 is 0.505 bits per heavy atom. The highest BCUT2D eigenvalue weighted by Gasteiger charge is 2.22. The van der Waals surface area contributed by atoms with Gasteiger partial charge in [0, 0.05) is 128 Å². The van der Waals surface area contributed by atoms with Crippen LogP contribution in [0.15, 0.2) is 261 Å². The van der Waals surface area contributed by atoms with E-state index in [0.717, 1.165) is 33.4 Å². The standard InChI is InChI=1S/C16H15FN2O.C15H12FN5.2C14H9FN2O.C13H10FNO/c1-19(2)11-15(12-7-9-18-10-8-12)16(20)13-3-5-14(17)6-4-13;16-11-3-1-10(2-4-11)13-12(9-5-7-19-8-6-9)14(17)21-15(18)20-13;15-12-3-1-11(2-4-12)14-13(9-17-18-14)10-5-7-16-8-6-10;15-12-3-1-11(2-4-12)14(18)13(9-16)10-5-7-17-8-6-10;14-12-3-1-11(2-4-12)13(16)9-10-5-7-15-8-6-10/h3-11H,1-2H3;1-8H,(H4,17,18,20,21);1-9H;1-8,13H;1-8H,9H2/b15-11+;;;;. The maximum Gasteiger partial charge on any atom is 0.222 e. The lowest BCUT2D eigenvalue weighted by molar-refractivity contribution is 0.0975. The predicted molar refractivity (Wildman–Crippen MR) is 343 cm³/mol. The van der Waals surface area contributed by atoms with Gasteiger partial charge in [-0.25, -0.2) is 26.9 Å². The molecule has 12 aromatic rings. The van der Waals surface area contributed by atoms with Crippen LogP contribution >= 0.6 is 0 Å². The molecule has 4 N–H and O–H groups in total. The summed E-state index contributed by atoms with van der Waals surface area (Å²) in [6.07, 6.45) is 20.0.